The van der Waals surface area contributed by atoms with Crippen molar-refractivity contribution in [2.45, 2.75) is 19.4 Å². The highest BCUT2D eigenvalue weighted by Crippen LogP contribution is 2.32. The molecule has 1 N–H and O–H groups in total. The number of hydrogen-bond acceptors (Lipinski definition) is 3. The third-order valence-electron chi connectivity index (χ3n) is 3.03. The standard InChI is InChI=1S/C11H16N2OS/c1-8-9-4-6-15-10(9)3-5-13(8)7-11(14)12-2/h4,6,8H,3,5,7H2,1-2H3,(H,12,14). The van der Waals surface area contributed by atoms with E-state index < -0.39 is 0 Å². The number of rotatable bonds is 2. The van der Waals surface area contributed by atoms with Crippen LogP contribution in [0.25, 0.3) is 0 Å². The lowest BCUT2D eigenvalue weighted by Crippen LogP contribution is -2.40. The Morgan fingerprint density at radius 3 is 3.27 bits per heavy atom. The Bertz CT molecular complexity index is 361. The van der Waals surface area contributed by atoms with E-state index in [9.17, 15) is 4.79 Å². The topological polar surface area (TPSA) is 32.3 Å². The summed E-state index contributed by atoms with van der Waals surface area (Å²) in [5.74, 6) is 0.0977. The van der Waals surface area contributed by atoms with E-state index in [2.05, 4.69) is 28.6 Å². The maximum Gasteiger partial charge on any atom is 0.233 e. The number of nitrogens with zero attached hydrogens (tertiary/aromatic N) is 1. The summed E-state index contributed by atoms with van der Waals surface area (Å²) in [5, 5.41) is 4.82. The second kappa shape index (κ2) is 4.33. The van der Waals surface area contributed by atoms with E-state index in [1.54, 1.807) is 7.05 Å². The van der Waals surface area contributed by atoms with Crippen molar-refractivity contribution >= 4 is 17.2 Å². The van der Waals surface area contributed by atoms with Gasteiger partial charge >= 0.3 is 0 Å². The predicted octanol–water partition coefficient (Wildman–Crippen LogP) is 1.41. The van der Waals surface area contributed by atoms with E-state index in [1.807, 2.05) is 11.3 Å². The summed E-state index contributed by atoms with van der Waals surface area (Å²) in [4.78, 5) is 15.0. The molecule has 1 unspecified atom stereocenters. The number of hydrogen-bond donors (Lipinski definition) is 1. The average Bonchev–Trinajstić information content (AvgIpc) is 2.70. The number of fused-ring (bicyclic) bond motifs is 1. The Morgan fingerprint density at radius 1 is 1.73 bits per heavy atom. The van der Waals surface area contributed by atoms with Crippen LogP contribution in [0.15, 0.2) is 11.4 Å². The summed E-state index contributed by atoms with van der Waals surface area (Å²) in [5.41, 5.74) is 1.40. The minimum Gasteiger partial charge on any atom is -0.358 e. The SMILES string of the molecule is CNC(=O)CN1CCc2sccc2C1C. The average molecular weight is 224 g/mol. The summed E-state index contributed by atoms with van der Waals surface area (Å²) in [6.45, 7) is 3.67. The molecule has 1 aromatic heterocycles. The molecule has 0 saturated carbocycles. The minimum atomic E-state index is 0.0977. The number of nitrogens with one attached hydrogen (secondary N) is 1. The van der Waals surface area contributed by atoms with E-state index >= 15 is 0 Å². The van der Waals surface area contributed by atoms with Crippen LogP contribution in [0.3, 0.4) is 0 Å². The van der Waals surface area contributed by atoms with Crippen molar-refractivity contribution in [3.05, 3.63) is 21.9 Å². The lowest BCUT2D eigenvalue weighted by atomic mass is 10.0. The van der Waals surface area contributed by atoms with Gasteiger partial charge in [0.25, 0.3) is 0 Å². The zero-order valence-corrected chi connectivity index (χ0v) is 9.93. The highest BCUT2D eigenvalue weighted by molar-refractivity contribution is 7.10. The van der Waals surface area contributed by atoms with Crippen LogP contribution >= 0.6 is 11.3 Å². The number of carbonyl (C=O) groups excluding carboxylic acids is 1. The maximum atomic E-state index is 11.3. The molecule has 1 aromatic rings. The number of carbonyl (C=O) groups is 1. The van der Waals surface area contributed by atoms with Gasteiger partial charge in [-0.05, 0) is 30.4 Å². The molecular weight excluding hydrogens is 208 g/mol. The first-order valence-electron chi connectivity index (χ1n) is 5.23. The van der Waals surface area contributed by atoms with E-state index in [0.29, 0.717) is 12.6 Å². The van der Waals surface area contributed by atoms with Crippen molar-refractivity contribution in [1.29, 1.82) is 0 Å². The molecule has 0 fully saturated rings. The van der Waals surface area contributed by atoms with Gasteiger partial charge in [0, 0.05) is 24.5 Å². The van der Waals surface area contributed by atoms with Gasteiger partial charge in [-0.25, -0.2) is 0 Å². The van der Waals surface area contributed by atoms with Crippen molar-refractivity contribution in [3.8, 4) is 0 Å². The van der Waals surface area contributed by atoms with Gasteiger partial charge in [-0.15, -0.1) is 11.3 Å². The van der Waals surface area contributed by atoms with Crippen LogP contribution in [0.5, 0.6) is 0 Å². The van der Waals surface area contributed by atoms with Crippen molar-refractivity contribution < 1.29 is 4.79 Å². The summed E-state index contributed by atoms with van der Waals surface area (Å²) >= 11 is 1.83. The van der Waals surface area contributed by atoms with E-state index in [-0.39, 0.29) is 5.91 Å². The van der Waals surface area contributed by atoms with Crippen LogP contribution in [-0.2, 0) is 11.2 Å². The Morgan fingerprint density at radius 2 is 2.53 bits per heavy atom. The van der Waals surface area contributed by atoms with Gasteiger partial charge < -0.3 is 5.32 Å². The zero-order chi connectivity index (χ0) is 10.8. The van der Waals surface area contributed by atoms with Gasteiger partial charge in [-0.1, -0.05) is 0 Å². The smallest absolute Gasteiger partial charge is 0.233 e. The highest BCUT2D eigenvalue weighted by atomic mass is 32.1. The van der Waals surface area contributed by atoms with Gasteiger partial charge in [-0.2, -0.15) is 0 Å². The lowest BCUT2D eigenvalue weighted by molar-refractivity contribution is -0.122. The number of likely N-dealkylation sites (N-methyl/N-ethyl adjacent to an activating group) is 1. The molecule has 82 valence electrons. The van der Waals surface area contributed by atoms with Crippen molar-refractivity contribution in [2.24, 2.45) is 0 Å². The summed E-state index contributed by atoms with van der Waals surface area (Å²) in [6, 6.07) is 2.55. The van der Waals surface area contributed by atoms with Gasteiger partial charge in [0.2, 0.25) is 5.91 Å². The fourth-order valence-electron chi connectivity index (χ4n) is 2.04. The quantitative estimate of drug-likeness (QED) is 0.824. The lowest BCUT2D eigenvalue weighted by Gasteiger charge is -2.32. The van der Waals surface area contributed by atoms with E-state index in [0.717, 1.165) is 13.0 Å². The fraction of sp³-hybridized carbons (Fsp3) is 0.545. The van der Waals surface area contributed by atoms with Crippen LogP contribution in [0.1, 0.15) is 23.4 Å². The van der Waals surface area contributed by atoms with Crippen LogP contribution < -0.4 is 5.32 Å². The van der Waals surface area contributed by atoms with Gasteiger partial charge in [-0.3, -0.25) is 9.69 Å². The van der Waals surface area contributed by atoms with Gasteiger partial charge in [0.05, 0.1) is 6.54 Å². The van der Waals surface area contributed by atoms with Crippen molar-refractivity contribution in [1.82, 2.24) is 10.2 Å². The van der Waals surface area contributed by atoms with Crippen molar-refractivity contribution in [3.63, 3.8) is 0 Å². The summed E-state index contributed by atoms with van der Waals surface area (Å²) < 4.78 is 0. The number of amides is 1. The molecule has 4 heteroatoms. The highest BCUT2D eigenvalue weighted by Gasteiger charge is 2.25. The molecular formula is C11H16N2OS. The number of thiophene rings is 1. The molecule has 0 radical (unpaired) electrons. The molecule has 1 atom stereocenters. The van der Waals surface area contributed by atoms with Gasteiger partial charge in [0.1, 0.15) is 0 Å². The van der Waals surface area contributed by atoms with Crippen LogP contribution in [-0.4, -0.2) is 30.9 Å². The maximum absolute atomic E-state index is 11.3. The van der Waals surface area contributed by atoms with E-state index in [1.165, 1.54) is 10.4 Å². The molecule has 1 amide bonds. The van der Waals surface area contributed by atoms with Gasteiger partial charge in [0.15, 0.2) is 0 Å². The molecule has 1 aliphatic heterocycles. The molecule has 0 bridgehead atoms. The zero-order valence-electron chi connectivity index (χ0n) is 9.12. The summed E-state index contributed by atoms with van der Waals surface area (Å²) in [7, 11) is 1.69. The largest absolute Gasteiger partial charge is 0.358 e. The summed E-state index contributed by atoms with van der Waals surface area (Å²) in [6.07, 6.45) is 1.08. The molecule has 2 rings (SSSR count). The molecule has 2 heterocycles. The minimum absolute atomic E-state index is 0.0977. The first-order chi connectivity index (χ1) is 7.22. The Balaban J connectivity index is 2.09. The first-order valence-corrected chi connectivity index (χ1v) is 6.11. The molecule has 3 nitrogen and oxygen atoms in total. The Kier molecular flexibility index (Phi) is 3.07. The first kappa shape index (κ1) is 10.6. The third-order valence-corrected chi connectivity index (χ3v) is 4.03. The molecule has 15 heavy (non-hydrogen) atoms. The third kappa shape index (κ3) is 2.06. The van der Waals surface area contributed by atoms with Crippen LogP contribution in [0.2, 0.25) is 0 Å². The van der Waals surface area contributed by atoms with Crippen LogP contribution in [0.4, 0.5) is 0 Å². The fourth-order valence-corrected chi connectivity index (χ4v) is 3.00. The predicted molar refractivity (Wildman–Crippen MR) is 62.1 cm³/mol. The molecule has 0 saturated heterocycles. The molecule has 0 spiro atoms. The second-order valence-electron chi connectivity index (χ2n) is 3.87. The monoisotopic (exact) mass is 224 g/mol. The second-order valence-corrected chi connectivity index (χ2v) is 4.87. The Hall–Kier alpha value is -0.870. The van der Waals surface area contributed by atoms with Crippen molar-refractivity contribution in [2.75, 3.05) is 20.1 Å². The van der Waals surface area contributed by atoms with Crippen LogP contribution in [0, 0.1) is 0 Å². The molecule has 0 aliphatic carbocycles. The Labute approximate surface area is 94.1 Å². The van der Waals surface area contributed by atoms with E-state index in [4.69, 9.17) is 0 Å². The molecule has 1 aliphatic rings. The molecule has 0 aromatic carbocycles. The normalized spacial score (nSPS) is 21.1.